The first kappa shape index (κ1) is 24.4. The summed E-state index contributed by atoms with van der Waals surface area (Å²) < 4.78 is 21.2. The second kappa shape index (κ2) is 8.95. The van der Waals surface area contributed by atoms with E-state index in [4.69, 9.17) is 25.1 Å². The highest BCUT2D eigenvalue weighted by atomic mass is 16.8. The van der Waals surface area contributed by atoms with Gasteiger partial charge in [-0.1, -0.05) is 0 Å². The largest absolute Gasteiger partial charge is 0.481 e. The van der Waals surface area contributed by atoms with Crippen LogP contribution in [0.5, 0.6) is 0 Å². The van der Waals surface area contributed by atoms with Crippen molar-refractivity contribution in [3.05, 3.63) is 12.7 Å². The molecule has 1 aliphatic carbocycles. The van der Waals surface area contributed by atoms with E-state index in [1.54, 1.807) is 6.33 Å². The van der Waals surface area contributed by atoms with Gasteiger partial charge in [0.1, 0.15) is 24.1 Å². The number of aliphatic carboxylic acids is 1. The first-order valence-corrected chi connectivity index (χ1v) is 12.5. The molecule has 0 bridgehead atoms. The average Bonchev–Trinajstić information content (AvgIpc) is 3.39. The van der Waals surface area contributed by atoms with Gasteiger partial charge in [0.2, 0.25) is 5.72 Å². The predicted octanol–water partition coefficient (Wildman–Crippen LogP) is 2.36. The zero-order valence-corrected chi connectivity index (χ0v) is 20.9. The third-order valence-corrected chi connectivity index (χ3v) is 7.63. The SMILES string of the molecule is CC(C)N(C[C@H]1OC[C@]2(n3cnc4c(N)ncnc43)OC(C)(C)O[C@H]12)C1CC(CCCC(=O)O)C1. The molecule has 2 aromatic rings. The molecule has 0 spiro atoms. The molecule has 192 valence electrons. The van der Waals surface area contributed by atoms with Gasteiger partial charge in [0.25, 0.3) is 0 Å². The Bertz CT molecular complexity index is 1080. The molecule has 2 aromatic heterocycles. The highest BCUT2D eigenvalue weighted by molar-refractivity contribution is 5.81. The van der Waals surface area contributed by atoms with Gasteiger partial charge in [-0.2, -0.15) is 0 Å². The minimum Gasteiger partial charge on any atom is -0.481 e. The van der Waals surface area contributed by atoms with Gasteiger partial charge in [0, 0.05) is 25.0 Å². The zero-order chi connectivity index (χ0) is 25.0. The van der Waals surface area contributed by atoms with Crippen molar-refractivity contribution in [3.8, 4) is 0 Å². The van der Waals surface area contributed by atoms with Crippen LogP contribution < -0.4 is 5.73 Å². The molecule has 1 saturated carbocycles. The highest BCUT2D eigenvalue weighted by Gasteiger charge is 2.63. The van der Waals surface area contributed by atoms with Crippen molar-refractivity contribution in [1.29, 1.82) is 0 Å². The van der Waals surface area contributed by atoms with E-state index in [9.17, 15) is 4.79 Å². The van der Waals surface area contributed by atoms with Crippen molar-refractivity contribution in [2.45, 2.75) is 95.6 Å². The quantitative estimate of drug-likeness (QED) is 0.541. The topological polar surface area (TPSA) is 138 Å². The standard InChI is InChI=1S/C24H36N6O5/c1-14(2)29(16-8-15(9-16)6-5-7-18(31)32)10-17-20-24(11-33-17,35-23(3,4)34-20)30-13-28-19-21(25)26-12-27-22(19)30/h12-17,20H,5-11H2,1-4H3,(H,31,32)(H2,25,26,27)/t15?,16?,17-,20-,24+/m1/s1. The summed E-state index contributed by atoms with van der Waals surface area (Å²) in [6.07, 6.45) is 6.73. The van der Waals surface area contributed by atoms with E-state index in [2.05, 4.69) is 33.7 Å². The summed E-state index contributed by atoms with van der Waals surface area (Å²) in [7, 11) is 0. The molecule has 11 nitrogen and oxygen atoms in total. The van der Waals surface area contributed by atoms with Crippen LogP contribution in [0, 0.1) is 5.92 Å². The molecule has 3 fully saturated rings. The number of hydrogen-bond donors (Lipinski definition) is 2. The smallest absolute Gasteiger partial charge is 0.303 e. The van der Waals surface area contributed by atoms with Crippen molar-refractivity contribution < 1.29 is 24.1 Å². The van der Waals surface area contributed by atoms with Gasteiger partial charge >= 0.3 is 5.97 Å². The Kier molecular flexibility index (Phi) is 6.23. The molecule has 0 amide bonds. The van der Waals surface area contributed by atoms with E-state index in [1.165, 1.54) is 6.33 Å². The van der Waals surface area contributed by atoms with Crippen molar-refractivity contribution >= 4 is 23.0 Å². The lowest BCUT2D eigenvalue weighted by atomic mass is 9.76. The molecule has 3 aliphatic rings. The van der Waals surface area contributed by atoms with Gasteiger partial charge in [-0.25, -0.2) is 15.0 Å². The van der Waals surface area contributed by atoms with Crippen LogP contribution in [0.25, 0.3) is 11.2 Å². The molecular formula is C24H36N6O5. The molecule has 11 heteroatoms. The van der Waals surface area contributed by atoms with Crippen LogP contribution >= 0.6 is 0 Å². The fourth-order valence-corrected chi connectivity index (χ4v) is 5.97. The molecular weight excluding hydrogens is 452 g/mol. The first-order valence-electron chi connectivity index (χ1n) is 12.5. The molecule has 5 rings (SSSR count). The van der Waals surface area contributed by atoms with Crippen LogP contribution in [0.2, 0.25) is 0 Å². The molecule has 35 heavy (non-hydrogen) atoms. The Hall–Kier alpha value is -2.34. The zero-order valence-electron chi connectivity index (χ0n) is 20.9. The number of ether oxygens (including phenoxy) is 3. The summed E-state index contributed by atoms with van der Waals surface area (Å²) in [5.41, 5.74) is 6.26. The summed E-state index contributed by atoms with van der Waals surface area (Å²) in [4.78, 5) is 26.2. The Labute approximate surface area is 205 Å². The molecule has 3 N–H and O–H groups in total. The molecule has 4 heterocycles. The van der Waals surface area contributed by atoms with Crippen LogP contribution in [0.1, 0.15) is 59.8 Å². The molecule has 0 aromatic carbocycles. The van der Waals surface area contributed by atoms with Crippen molar-refractivity contribution in [2.24, 2.45) is 5.92 Å². The number of nitrogens with two attached hydrogens (primary N) is 1. The number of fused-ring (bicyclic) bond motifs is 2. The first-order chi connectivity index (χ1) is 16.6. The average molecular weight is 489 g/mol. The minimum atomic E-state index is -0.897. The third-order valence-electron chi connectivity index (χ3n) is 7.63. The van der Waals surface area contributed by atoms with Gasteiger partial charge in [-0.05, 0) is 59.3 Å². The predicted molar refractivity (Wildman–Crippen MR) is 127 cm³/mol. The van der Waals surface area contributed by atoms with Crippen molar-refractivity contribution in [3.63, 3.8) is 0 Å². The summed E-state index contributed by atoms with van der Waals surface area (Å²) >= 11 is 0. The molecule has 0 radical (unpaired) electrons. The van der Waals surface area contributed by atoms with E-state index >= 15 is 0 Å². The Morgan fingerprint density at radius 2 is 2.09 bits per heavy atom. The second-order valence-corrected chi connectivity index (χ2v) is 10.8. The van der Waals surface area contributed by atoms with Crippen molar-refractivity contribution in [1.82, 2.24) is 24.4 Å². The number of carboxylic acid groups (broad SMARTS) is 1. The lowest BCUT2D eigenvalue weighted by molar-refractivity contribution is -0.206. The number of carbonyl (C=O) groups is 1. The van der Waals surface area contributed by atoms with E-state index in [1.807, 2.05) is 18.4 Å². The van der Waals surface area contributed by atoms with Crippen molar-refractivity contribution in [2.75, 3.05) is 18.9 Å². The van der Waals surface area contributed by atoms with Crippen LogP contribution in [-0.4, -0.2) is 78.7 Å². The lowest BCUT2D eigenvalue weighted by Crippen LogP contribution is -2.53. The van der Waals surface area contributed by atoms with Gasteiger partial charge in [0.05, 0.1) is 12.9 Å². The fourth-order valence-electron chi connectivity index (χ4n) is 5.97. The Morgan fingerprint density at radius 1 is 1.31 bits per heavy atom. The second-order valence-electron chi connectivity index (χ2n) is 10.8. The number of hydrogen-bond acceptors (Lipinski definition) is 9. The maximum absolute atomic E-state index is 10.8. The van der Waals surface area contributed by atoms with Gasteiger partial charge < -0.3 is 25.1 Å². The molecule has 2 saturated heterocycles. The van der Waals surface area contributed by atoms with Gasteiger partial charge in [-0.15, -0.1) is 0 Å². The molecule has 2 aliphatic heterocycles. The maximum Gasteiger partial charge on any atom is 0.303 e. The Balaban J connectivity index is 1.33. The van der Waals surface area contributed by atoms with E-state index in [-0.39, 0.29) is 18.6 Å². The Morgan fingerprint density at radius 3 is 2.80 bits per heavy atom. The van der Waals surface area contributed by atoms with E-state index < -0.39 is 17.5 Å². The summed E-state index contributed by atoms with van der Waals surface area (Å²) in [6.45, 7) is 9.29. The monoisotopic (exact) mass is 488 g/mol. The van der Waals surface area contributed by atoms with Crippen LogP contribution in [0.3, 0.4) is 0 Å². The summed E-state index contributed by atoms with van der Waals surface area (Å²) in [5, 5.41) is 8.90. The van der Waals surface area contributed by atoms with E-state index in [0.29, 0.717) is 41.6 Å². The molecule has 0 unspecified atom stereocenters. The number of anilines is 1. The van der Waals surface area contributed by atoms with Crippen LogP contribution in [0.4, 0.5) is 5.82 Å². The van der Waals surface area contributed by atoms with E-state index in [0.717, 1.165) is 32.2 Å². The van der Waals surface area contributed by atoms with Gasteiger partial charge in [-0.3, -0.25) is 14.3 Å². The third kappa shape index (κ3) is 4.39. The van der Waals surface area contributed by atoms with Gasteiger partial charge in [0.15, 0.2) is 17.3 Å². The maximum atomic E-state index is 10.8. The van der Waals surface area contributed by atoms with Crippen LogP contribution in [0.15, 0.2) is 12.7 Å². The number of rotatable bonds is 9. The number of nitrogen functional groups attached to an aromatic ring is 1. The number of aromatic nitrogens is 4. The normalized spacial score (nSPS) is 31.8. The minimum absolute atomic E-state index is 0.193. The fraction of sp³-hybridized carbons (Fsp3) is 0.750. The number of carboxylic acids is 1. The summed E-state index contributed by atoms with van der Waals surface area (Å²) in [5.74, 6) is -0.593. The van der Waals surface area contributed by atoms with Crippen LogP contribution in [-0.2, 0) is 24.7 Å². The summed E-state index contributed by atoms with van der Waals surface area (Å²) in [6, 6.07) is 0.802. The highest BCUT2D eigenvalue weighted by Crippen LogP contribution is 2.48. The number of imidazole rings is 1. The molecule has 3 atom stereocenters. The number of nitrogens with zero attached hydrogens (tertiary/aromatic N) is 5. The lowest BCUT2D eigenvalue weighted by Gasteiger charge is -2.46.